The third-order valence-corrected chi connectivity index (χ3v) is 3.64. The van der Waals surface area contributed by atoms with Crippen LogP contribution in [0.3, 0.4) is 0 Å². The van der Waals surface area contributed by atoms with E-state index < -0.39 is 0 Å². The lowest BCUT2D eigenvalue weighted by atomic mass is 10.1. The second kappa shape index (κ2) is 6.08. The molecule has 3 N–H and O–H groups in total. The van der Waals surface area contributed by atoms with Crippen molar-refractivity contribution in [2.75, 3.05) is 5.73 Å². The lowest BCUT2D eigenvalue weighted by molar-refractivity contribution is 0.102. The average Bonchev–Trinajstić information content (AvgIpc) is 3.25. The van der Waals surface area contributed by atoms with E-state index in [0.29, 0.717) is 17.1 Å². The molecular formula is C17H13N5O3. The number of nitrogens with two attached hydrogens (primary N) is 1. The summed E-state index contributed by atoms with van der Waals surface area (Å²) in [6.07, 6.45) is 0. The summed E-state index contributed by atoms with van der Waals surface area (Å²) < 4.78 is 10.2. The first-order chi connectivity index (χ1) is 12.2. The molecule has 0 radical (unpaired) electrons. The van der Waals surface area contributed by atoms with Gasteiger partial charge in [0.15, 0.2) is 11.5 Å². The molecule has 0 aliphatic carbocycles. The van der Waals surface area contributed by atoms with E-state index in [1.54, 1.807) is 24.3 Å². The number of fused-ring (bicyclic) bond motifs is 1. The molecule has 0 saturated heterocycles. The number of imidazole rings is 1. The molecule has 0 unspecified atom stereocenters. The first-order valence-corrected chi connectivity index (χ1v) is 7.50. The highest BCUT2D eigenvalue weighted by Gasteiger charge is 2.18. The van der Waals surface area contributed by atoms with Crippen LogP contribution in [-0.4, -0.2) is 26.1 Å². The molecule has 0 atom stereocenters. The predicted molar refractivity (Wildman–Crippen MR) is 89.0 cm³/mol. The maximum atomic E-state index is 12.4. The number of carbonyl (C=O) groups excluding carboxylic acids is 1. The van der Waals surface area contributed by atoms with E-state index in [0.717, 1.165) is 11.0 Å². The lowest BCUT2D eigenvalue weighted by Gasteiger charge is -2.05. The van der Waals surface area contributed by atoms with Crippen molar-refractivity contribution in [2.45, 2.75) is 6.61 Å². The van der Waals surface area contributed by atoms with Gasteiger partial charge in [0.2, 0.25) is 5.78 Å². The van der Waals surface area contributed by atoms with Gasteiger partial charge >= 0.3 is 0 Å². The Bertz CT molecular complexity index is 1020. The summed E-state index contributed by atoms with van der Waals surface area (Å²) in [6.45, 7) is 0.250. The highest BCUT2D eigenvalue weighted by Crippen LogP contribution is 2.19. The van der Waals surface area contributed by atoms with Gasteiger partial charge in [0.05, 0.1) is 11.0 Å². The summed E-state index contributed by atoms with van der Waals surface area (Å²) in [4.78, 5) is 20.0. The number of aromatic nitrogens is 4. The van der Waals surface area contributed by atoms with E-state index >= 15 is 0 Å². The molecule has 0 saturated carbocycles. The Morgan fingerprint density at radius 1 is 1.16 bits per heavy atom. The van der Waals surface area contributed by atoms with Gasteiger partial charge < -0.3 is 15.5 Å². The minimum absolute atomic E-state index is 0.0190. The molecule has 0 aliphatic rings. The standard InChI is InChI=1S/C17H13N5O3/c18-17-15(21-25-22-17)16(23)10-4-3-5-11(8-10)24-9-14-19-12-6-1-2-7-13(12)20-14/h1-8H,9H2,(H2,18,22)(H,19,20). The number of nitrogen functional groups attached to an aromatic ring is 1. The average molecular weight is 335 g/mol. The van der Waals surface area contributed by atoms with Crippen LogP contribution in [0.25, 0.3) is 11.0 Å². The zero-order valence-corrected chi connectivity index (χ0v) is 13.0. The Labute approximate surface area is 141 Å². The second-order valence-corrected chi connectivity index (χ2v) is 5.34. The highest BCUT2D eigenvalue weighted by molar-refractivity contribution is 6.10. The van der Waals surface area contributed by atoms with E-state index in [2.05, 4.69) is 24.9 Å². The van der Waals surface area contributed by atoms with Crippen molar-refractivity contribution in [3.05, 3.63) is 65.6 Å². The summed E-state index contributed by atoms with van der Waals surface area (Å²) >= 11 is 0. The molecule has 0 aliphatic heterocycles. The number of ketones is 1. The van der Waals surface area contributed by atoms with Crippen LogP contribution < -0.4 is 10.5 Å². The Kier molecular flexibility index (Phi) is 3.62. The minimum atomic E-state index is -0.382. The summed E-state index contributed by atoms with van der Waals surface area (Å²) in [7, 11) is 0. The highest BCUT2D eigenvalue weighted by atomic mass is 16.6. The first-order valence-electron chi connectivity index (χ1n) is 7.50. The number of ether oxygens (including phenoxy) is 1. The third-order valence-electron chi connectivity index (χ3n) is 3.64. The number of hydrogen-bond donors (Lipinski definition) is 2. The molecule has 124 valence electrons. The smallest absolute Gasteiger partial charge is 0.218 e. The zero-order chi connectivity index (χ0) is 17.2. The van der Waals surface area contributed by atoms with Gasteiger partial charge in [-0.25, -0.2) is 9.61 Å². The van der Waals surface area contributed by atoms with Crippen molar-refractivity contribution in [3.63, 3.8) is 0 Å². The van der Waals surface area contributed by atoms with Crippen LogP contribution >= 0.6 is 0 Å². The largest absolute Gasteiger partial charge is 0.486 e. The molecule has 25 heavy (non-hydrogen) atoms. The fourth-order valence-electron chi connectivity index (χ4n) is 2.44. The molecule has 4 aromatic rings. The number of hydrogen-bond acceptors (Lipinski definition) is 7. The van der Waals surface area contributed by atoms with Gasteiger partial charge in [-0.15, -0.1) is 0 Å². The van der Waals surface area contributed by atoms with Crippen LogP contribution in [0, 0.1) is 0 Å². The fourth-order valence-corrected chi connectivity index (χ4v) is 2.44. The third kappa shape index (κ3) is 2.92. The molecular weight excluding hydrogens is 322 g/mol. The number of anilines is 1. The molecule has 0 bridgehead atoms. The zero-order valence-electron chi connectivity index (χ0n) is 13.0. The van der Waals surface area contributed by atoms with E-state index in [-0.39, 0.29) is 23.9 Å². The van der Waals surface area contributed by atoms with E-state index in [9.17, 15) is 4.79 Å². The maximum absolute atomic E-state index is 12.4. The van der Waals surface area contributed by atoms with Crippen molar-refractivity contribution >= 4 is 22.6 Å². The van der Waals surface area contributed by atoms with Gasteiger partial charge in [0.1, 0.15) is 18.2 Å². The SMILES string of the molecule is Nc1nonc1C(=O)c1cccc(OCc2nc3ccccc3[nH]2)c1. The molecule has 8 heteroatoms. The first kappa shape index (κ1) is 14.9. The van der Waals surface area contributed by atoms with Gasteiger partial charge in [-0.1, -0.05) is 24.3 Å². The molecule has 2 aromatic heterocycles. The number of rotatable bonds is 5. The summed E-state index contributed by atoms with van der Waals surface area (Å²) in [5.41, 5.74) is 7.73. The van der Waals surface area contributed by atoms with Gasteiger partial charge in [-0.05, 0) is 34.6 Å². The second-order valence-electron chi connectivity index (χ2n) is 5.34. The summed E-state index contributed by atoms with van der Waals surface area (Å²) in [6, 6.07) is 14.4. The van der Waals surface area contributed by atoms with Crippen LogP contribution in [0.1, 0.15) is 21.9 Å². The van der Waals surface area contributed by atoms with E-state index in [1.165, 1.54) is 0 Å². The van der Waals surface area contributed by atoms with E-state index in [4.69, 9.17) is 10.5 Å². The normalized spacial score (nSPS) is 10.9. The van der Waals surface area contributed by atoms with Crippen LogP contribution in [-0.2, 0) is 6.61 Å². The van der Waals surface area contributed by atoms with E-state index in [1.807, 2.05) is 24.3 Å². The topological polar surface area (TPSA) is 120 Å². The van der Waals surface area contributed by atoms with Crippen molar-refractivity contribution in [3.8, 4) is 5.75 Å². The van der Waals surface area contributed by atoms with Crippen molar-refractivity contribution in [2.24, 2.45) is 0 Å². The van der Waals surface area contributed by atoms with Gasteiger partial charge in [-0.3, -0.25) is 4.79 Å². The Balaban J connectivity index is 1.51. The summed E-state index contributed by atoms with van der Waals surface area (Å²) in [5.74, 6) is 0.802. The number of carbonyl (C=O) groups is 1. The van der Waals surface area contributed by atoms with Crippen LogP contribution in [0.15, 0.2) is 53.2 Å². The van der Waals surface area contributed by atoms with Gasteiger partial charge in [0, 0.05) is 5.56 Å². The van der Waals surface area contributed by atoms with Crippen molar-refractivity contribution in [1.82, 2.24) is 20.3 Å². The van der Waals surface area contributed by atoms with Crippen LogP contribution in [0.5, 0.6) is 5.75 Å². The minimum Gasteiger partial charge on any atom is -0.486 e. The van der Waals surface area contributed by atoms with Crippen molar-refractivity contribution in [1.29, 1.82) is 0 Å². The fraction of sp³-hybridized carbons (Fsp3) is 0.0588. The molecule has 0 fully saturated rings. The maximum Gasteiger partial charge on any atom is 0.218 e. The molecule has 0 spiro atoms. The number of nitrogens with zero attached hydrogens (tertiary/aromatic N) is 3. The monoisotopic (exact) mass is 335 g/mol. The number of para-hydroxylation sites is 2. The Hall–Kier alpha value is -3.68. The Morgan fingerprint density at radius 2 is 2.04 bits per heavy atom. The number of benzene rings is 2. The number of nitrogens with one attached hydrogen (secondary N) is 1. The summed E-state index contributed by atoms with van der Waals surface area (Å²) in [5, 5.41) is 6.93. The molecule has 2 heterocycles. The molecule has 2 aromatic carbocycles. The Morgan fingerprint density at radius 3 is 2.84 bits per heavy atom. The van der Waals surface area contributed by atoms with Gasteiger partial charge in [-0.2, -0.15) is 0 Å². The quantitative estimate of drug-likeness (QED) is 0.537. The molecule has 4 rings (SSSR count). The van der Waals surface area contributed by atoms with Crippen LogP contribution in [0.2, 0.25) is 0 Å². The predicted octanol–water partition coefficient (Wildman–Crippen LogP) is 2.34. The van der Waals surface area contributed by atoms with Crippen LogP contribution in [0.4, 0.5) is 5.82 Å². The molecule has 8 nitrogen and oxygen atoms in total. The lowest BCUT2D eigenvalue weighted by Crippen LogP contribution is -2.06. The molecule has 0 amide bonds. The van der Waals surface area contributed by atoms with Gasteiger partial charge in [0.25, 0.3) is 0 Å². The number of aromatic amines is 1. The number of H-pyrrole nitrogens is 1. The van der Waals surface area contributed by atoms with Crippen molar-refractivity contribution < 1.29 is 14.2 Å².